The summed E-state index contributed by atoms with van der Waals surface area (Å²) in [5.74, 6) is 1.52. The zero-order valence-electron chi connectivity index (χ0n) is 14.4. The second-order valence-electron chi connectivity index (χ2n) is 6.70. The minimum Gasteiger partial charge on any atom is -0.486 e. The van der Waals surface area contributed by atoms with Crippen LogP contribution in [0.25, 0.3) is 0 Å². The van der Waals surface area contributed by atoms with Crippen molar-refractivity contribution in [1.82, 2.24) is 10.6 Å². The van der Waals surface area contributed by atoms with Gasteiger partial charge in [0.05, 0.1) is 5.54 Å². The van der Waals surface area contributed by atoms with Crippen LogP contribution in [0, 0.1) is 0 Å². The first kappa shape index (κ1) is 17.0. The number of carbonyl (C=O) groups excluding carboxylic acids is 1. The van der Waals surface area contributed by atoms with Crippen molar-refractivity contribution in [2.45, 2.75) is 24.8 Å². The van der Waals surface area contributed by atoms with Gasteiger partial charge in [-0.05, 0) is 54.7 Å². The molecular weight excluding hydrogens is 352 g/mol. The second kappa shape index (κ2) is 7.08. The summed E-state index contributed by atoms with van der Waals surface area (Å²) in [7, 11) is 0. The lowest BCUT2D eigenvalue weighted by Gasteiger charge is -2.23. The van der Waals surface area contributed by atoms with Gasteiger partial charge in [0, 0.05) is 11.6 Å². The molecule has 1 aliphatic carbocycles. The van der Waals surface area contributed by atoms with Gasteiger partial charge in [-0.2, -0.15) is 0 Å². The molecule has 0 unspecified atom stereocenters. The van der Waals surface area contributed by atoms with E-state index in [1.165, 1.54) is 0 Å². The molecule has 5 nitrogen and oxygen atoms in total. The molecule has 0 spiro atoms. The third kappa shape index (κ3) is 3.73. The van der Waals surface area contributed by atoms with Crippen molar-refractivity contribution in [2.75, 3.05) is 19.8 Å². The van der Waals surface area contributed by atoms with Gasteiger partial charge >= 0.3 is 6.03 Å². The van der Waals surface area contributed by atoms with E-state index in [1.807, 2.05) is 42.5 Å². The molecule has 1 aliphatic heterocycles. The van der Waals surface area contributed by atoms with E-state index in [4.69, 9.17) is 21.1 Å². The zero-order valence-corrected chi connectivity index (χ0v) is 15.1. The Hall–Kier alpha value is -2.40. The van der Waals surface area contributed by atoms with Gasteiger partial charge in [0.25, 0.3) is 0 Å². The first-order chi connectivity index (χ1) is 12.6. The fraction of sp³-hybridized carbons (Fsp3) is 0.350. The van der Waals surface area contributed by atoms with Gasteiger partial charge in [0.1, 0.15) is 13.2 Å². The molecule has 2 aromatic carbocycles. The van der Waals surface area contributed by atoms with Crippen molar-refractivity contribution in [3.05, 3.63) is 58.6 Å². The van der Waals surface area contributed by atoms with Crippen LogP contribution in [0.2, 0.25) is 5.02 Å². The summed E-state index contributed by atoms with van der Waals surface area (Å²) in [5, 5.41) is 6.77. The fourth-order valence-electron chi connectivity index (χ4n) is 3.18. The van der Waals surface area contributed by atoms with E-state index in [9.17, 15) is 4.79 Å². The molecule has 2 N–H and O–H groups in total. The Kier molecular flexibility index (Phi) is 4.64. The quantitative estimate of drug-likeness (QED) is 0.842. The number of amides is 2. The molecule has 2 aromatic rings. The highest BCUT2D eigenvalue weighted by Crippen LogP contribution is 2.47. The van der Waals surface area contributed by atoms with E-state index in [0.29, 0.717) is 19.8 Å². The predicted molar refractivity (Wildman–Crippen MR) is 100 cm³/mol. The third-order valence-corrected chi connectivity index (χ3v) is 5.06. The standard InChI is InChI=1S/C20H21ClN2O3/c21-16-4-1-14(2-5-16)7-10-22-19(24)23-20(8-9-20)15-3-6-17-18(13-15)26-12-11-25-17/h1-6,13H,7-12H2,(H2,22,23,24). The summed E-state index contributed by atoms with van der Waals surface area (Å²) >= 11 is 5.88. The summed E-state index contributed by atoms with van der Waals surface area (Å²) < 4.78 is 11.2. The highest BCUT2D eigenvalue weighted by molar-refractivity contribution is 6.30. The second-order valence-corrected chi connectivity index (χ2v) is 7.13. The highest BCUT2D eigenvalue weighted by atomic mass is 35.5. The zero-order chi connectivity index (χ0) is 18.0. The topological polar surface area (TPSA) is 59.6 Å². The first-order valence-corrected chi connectivity index (χ1v) is 9.23. The Morgan fingerprint density at radius 1 is 1.04 bits per heavy atom. The van der Waals surface area contributed by atoms with Crippen LogP contribution in [-0.2, 0) is 12.0 Å². The van der Waals surface area contributed by atoms with Gasteiger partial charge in [0.2, 0.25) is 0 Å². The molecule has 136 valence electrons. The maximum absolute atomic E-state index is 12.3. The summed E-state index contributed by atoms with van der Waals surface area (Å²) in [6, 6.07) is 13.4. The summed E-state index contributed by atoms with van der Waals surface area (Å²) in [5.41, 5.74) is 1.91. The monoisotopic (exact) mass is 372 g/mol. The number of fused-ring (bicyclic) bond motifs is 1. The number of ether oxygens (including phenoxy) is 2. The molecule has 0 atom stereocenters. The van der Waals surface area contributed by atoms with Crippen LogP contribution in [0.1, 0.15) is 24.0 Å². The number of rotatable bonds is 5. The molecule has 26 heavy (non-hydrogen) atoms. The lowest BCUT2D eigenvalue weighted by atomic mass is 10.0. The van der Waals surface area contributed by atoms with E-state index >= 15 is 0 Å². The number of carbonyl (C=O) groups is 1. The van der Waals surface area contributed by atoms with Crippen LogP contribution in [-0.4, -0.2) is 25.8 Å². The lowest BCUT2D eigenvalue weighted by molar-refractivity contribution is 0.171. The van der Waals surface area contributed by atoms with Crippen LogP contribution < -0.4 is 20.1 Å². The van der Waals surface area contributed by atoms with E-state index in [1.54, 1.807) is 0 Å². The Morgan fingerprint density at radius 2 is 1.77 bits per heavy atom. The molecule has 0 saturated heterocycles. The minimum atomic E-state index is -0.291. The average molecular weight is 373 g/mol. The molecule has 1 saturated carbocycles. The van der Waals surface area contributed by atoms with Gasteiger partial charge in [-0.1, -0.05) is 29.8 Å². The number of hydrogen-bond acceptors (Lipinski definition) is 3. The van der Waals surface area contributed by atoms with Gasteiger partial charge in [-0.25, -0.2) is 4.79 Å². The third-order valence-electron chi connectivity index (χ3n) is 4.81. The SMILES string of the molecule is O=C(NCCc1ccc(Cl)cc1)NC1(c2ccc3c(c2)OCCO3)CC1. The Bertz CT molecular complexity index is 803. The first-order valence-electron chi connectivity index (χ1n) is 8.85. The molecule has 4 rings (SSSR count). The van der Waals surface area contributed by atoms with Crippen molar-refractivity contribution < 1.29 is 14.3 Å². The van der Waals surface area contributed by atoms with Crippen molar-refractivity contribution in [3.8, 4) is 11.5 Å². The lowest BCUT2D eigenvalue weighted by Crippen LogP contribution is -2.42. The fourth-order valence-corrected chi connectivity index (χ4v) is 3.31. The minimum absolute atomic E-state index is 0.147. The Morgan fingerprint density at radius 3 is 2.50 bits per heavy atom. The molecule has 0 bridgehead atoms. The van der Waals surface area contributed by atoms with Crippen molar-refractivity contribution in [1.29, 1.82) is 0 Å². The van der Waals surface area contributed by atoms with Gasteiger partial charge in [-0.15, -0.1) is 0 Å². The largest absolute Gasteiger partial charge is 0.486 e. The smallest absolute Gasteiger partial charge is 0.315 e. The Labute approximate surface area is 157 Å². The van der Waals surface area contributed by atoms with Gasteiger partial charge in [-0.3, -0.25) is 0 Å². The van der Waals surface area contributed by atoms with E-state index in [0.717, 1.165) is 46.9 Å². The molecule has 1 heterocycles. The molecule has 1 fully saturated rings. The van der Waals surface area contributed by atoms with Gasteiger partial charge < -0.3 is 20.1 Å². The molecule has 6 heteroatoms. The van der Waals surface area contributed by atoms with Crippen LogP contribution in [0.4, 0.5) is 4.79 Å². The predicted octanol–water partition coefficient (Wildman–Crippen LogP) is 3.64. The molecule has 0 radical (unpaired) electrons. The summed E-state index contributed by atoms with van der Waals surface area (Å²) in [6.07, 6.45) is 2.62. The van der Waals surface area contributed by atoms with Crippen molar-refractivity contribution >= 4 is 17.6 Å². The number of halogens is 1. The van der Waals surface area contributed by atoms with Crippen LogP contribution >= 0.6 is 11.6 Å². The average Bonchev–Trinajstić information content (AvgIpc) is 3.43. The normalized spacial score (nSPS) is 16.7. The summed E-state index contributed by atoms with van der Waals surface area (Å²) in [6.45, 7) is 1.71. The van der Waals surface area contributed by atoms with Gasteiger partial charge in [0.15, 0.2) is 11.5 Å². The van der Waals surface area contributed by atoms with Crippen molar-refractivity contribution in [3.63, 3.8) is 0 Å². The van der Waals surface area contributed by atoms with Crippen molar-refractivity contribution in [2.24, 2.45) is 0 Å². The number of nitrogens with one attached hydrogen (secondary N) is 2. The van der Waals surface area contributed by atoms with E-state index < -0.39 is 0 Å². The van der Waals surface area contributed by atoms with Crippen LogP contribution in [0.15, 0.2) is 42.5 Å². The summed E-state index contributed by atoms with van der Waals surface area (Å²) in [4.78, 5) is 12.3. The molecule has 2 amide bonds. The molecular formula is C20H21ClN2O3. The molecule has 2 aliphatic rings. The number of hydrogen-bond donors (Lipinski definition) is 2. The highest BCUT2D eigenvalue weighted by Gasteiger charge is 2.46. The van der Waals surface area contributed by atoms with Crippen LogP contribution in [0.5, 0.6) is 11.5 Å². The van der Waals surface area contributed by atoms with E-state index in [2.05, 4.69) is 10.6 Å². The maximum atomic E-state index is 12.3. The number of urea groups is 1. The van der Waals surface area contributed by atoms with E-state index in [-0.39, 0.29) is 11.6 Å². The molecule has 0 aromatic heterocycles. The number of benzene rings is 2. The van der Waals surface area contributed by atoms with Crippen LogP contribution in [0.3, 0.4) is 0 Å². The maximum Gasteiger partial charge on any atom is 0.315 e. The Balaban J connectivity index is 1.33.